The maximum atomic E-state index is 13.6. The molecule has 6 heteroatoms. The van der Waals surface area contributed by atoms with Crippen molar-refractivity contribution < 1.29 is 19.1 Å². The Labute approximate surface area is 143 Å². The second kappa shape index (κ2) is 6.84. The molecule has 1 aliphatic rings. The van der Waals surface area contributed by atoms with Crippen molar-refractivity contribution in [3.63, 3.8) is 0 Å². The number of aromatic carboxylic acids is 1. The molecule has 0 radical (unpaired) electrons. The minimum atomic E-state index is -1.36. The number of allylic oxidation sites excluding steroid dienone is 1. The summed E-state index contributed by atoms with van der Waals surface area (Å²) in [6.45, 7) is 0.241. The van der Waals surface area contributed by atoms with Crippen LogP contribution in [0.1, 0.15) is 44.8 Å². The zero-order valence-electron chi connectivity index (χ0n) is 13.4. The lowest BCUT2D eigenvalue weighted by Gasteiger charge is -2.20. The van der Waals surface area contributed by atoms with E-state index in [0.717, 1.165) is 0 Å². The summed E-state index contributed by atoms with van der Waals surface area (Å²) in [6.07, 6.45) is 5.92. The van der Waals surface area contributed by atoms with E-state index in [4.69, 9.17) is 0 Å². The van der Waals surface area contributed by atoms with Gasteiger partial charge in [0.25, 0.3) is 0 Å². The fourth-order valence-electron chi connectivity index (χ4n) is 3.02. The van der Waals surface area contributed by atoms with Crippen LogP contribution in [0.25, 0.3) is 6.08 Å². The second-order valence-corrected chi connectivity index (χ2v) is 5.85. The van der Waals surface area contributed by atoms with E-state index in [9.17, 15) is 23.9 Å². The summed E-state index contributed by atoms with van der Waals surface area (Å²) in [5, 5.41) is 9.23. The van der Waals surface area contributed by atoms with Crippen LogP contribution in [0, 0.1) is 5.82 Å². The van der Waals surface area contributed by atoms with Gasteiger partial charge in [0.05, 0.1) is 5.56 Å². The number of carboxylic acid groups (broad SMARTS) is 1. The number of carbonyl (C=O) groups excluding carboxylic acids is 1. The number of benzene rings is 1. The summed E-state index contributed by atoms with van der Waals surface area (Å²) in [7, 11) is 0. The Morgan fingerprint density at radius 1 is 1.24 bits per heavy atom. The zero-order valence-corrected chi connectivity index (χ0v) is 13.4. The molecule has 0 spiro atoms. The molecule has 1 aliphatic carbocycles. The van der Waals surface area contributed by atoms with Crippen molar-refractivity contribution in [1.82, 2.24) is 4.57 Å². The average molecular weight is 341 g/mol. The Kier molecular flexibility index (Phi) is 4.61. The number of pyridine rings is 1. The van der Waals surface area contributed by atoms with Crippen LogP contribution in [0.3, 0.4) is 0 Å². The lowest BCUT2D eigenvalue weighted by atomic mass is 9.92. The first-order valence-electron chi connectivity index (χ1n) is 7.93. The molecule has 0 unspecified atom stereocenters. The van der Waals surface area contributed by atoms with Gasteiger partial charge in [0.1, 0.15) is 11.4 Å². The number of Topliss-reactive ketones (excluding diaryl/α,β-unsaturated/α-hetero) is 1. The Bertz CT molecular complexity index is 943. The number of rotatable bonds is 4. The summed E-state index contributed by atoms with van der Waals surface area (Å²) < 4.78 is 15.2. The van der Waals surface area contributed by atoms with Crippen LogP contribution in [0.2, 0.25) is 0 Å². The molecule has 25 heavy (non-hydrogen) atoms. The minimum Gasteiger partial charge on any atom is -0.477 e. The van der Waals surface area contributed by atoms with Gasteiger partial charge in [-0.25, -0.2) is 9.18 Å². The largest absolute Gasteiger partial charge is 0.477 e. The molecule has 0 saturated carbocycles. The van der Waals surface area contributed by atoms with Crippen LogP contribution in [-0.4, -0.2) is 21.4 Å². The van der Waals surface area contributed by atoms with E-state index in [-0.39, 0.29) is 30.1 Å². The van der Waals surface area contributed by atoms with E-state index in [1.807, 2.05) is 0 Å². The smallest absolute Gasteiger partial charge is 0.341 e. The van der Waals surface area contributed by atoms with Gasteiger partial charge in [0.15, 0.2) is 5.78 Å². The molecule has 1 aromatic carbocycles. The standard InChI is InChI=1S/C19H16FNO4/c20-14-7-2-1-5-12(14)6-4-10-21-11-13(19(24)25)18(23)17-15(21)8-3-9-16(17)22/h1-2,4-7,11H,3,8-10H2,(H,24,25)/b6-4-. The fourth-order valence-corrected chi connectivity index (χ4v) is 3.02. The third-order valence-corrected chi connectivity index (χ3v) is 4.22. The van der Waals surface area contributed by atoms with Crippen molar-refractivity contribution in [3.8, 4) is 0 Å². The highest BCUT2D eigenvalue weighted by atomic mass is 19.1. The molecule has 0 saturated heterocycles. The molecular formula is C19H16FNO4. The molecule has 0 bridgehead atoms. The molecule has 0 aliphatic heterocycles. The van der Waals surface area contributed by atoms with E-state index in [1.54, 1.807) is 34.9 Å². The molecule has 3 rings (SSSR count). The summed E-state index contributed by atoms with van der Waals surface area (Å²) >= 11 is 0. The fraction of sp³-hybridized carbons (Fsp3) is 0.211. The highest BCUT2D eigenvalue weighted by molar-refractivity contribution is 6.00. The van der Waals surface area contributed by atoms with Crippen LogP contribution in [0.4, 0.5) is 4.39 Å². The molecule has 0 fully saturated rings. The lowest BCUT2D eigenvalue weighted by Crippen LogP contribution is -2.30. The number of fused-ring (bicyclic) bond motifs is 1. The van der Waals surface area contributed by atoms with E-state index in [2.05, 4.69) is 0 Å². The number of hydrogen-bond donors (Lipinski definition) is 1. The molecule has 1 heterocycles. The Morgan fingerprint density at radius 3 is 2.72 bits per heavy atom. The van der Waals surface area contributed by atoms with Gasteiger partial charge in [0.2, 0.25) is 5.43 Å². The number of hydrogen-bond acceptors (Lipinski definition) is 3. The average Bonchev–Trinajstić information content (AvgIpc) is 2.58. The summed E-state index contributed by atoms with van der Waals surface area (Å²) in [5.41, 5.74) is -0.211. The van der Waals surface area contributed by atoms with Crippen LogP contribution in [0.5, 0.6) is 0 Å². The SMILES string of the molecule is O=C(O)c1cn(C/C=C\c2ccccc2F)c2c(c1=O)C(=O)CCC2. The maximum Gasteiger partial charge on any atom is 0.341 e. The number of carbonyl (C=O) groups is 2. The van der Waals surface area contributed by atoms with Crippen molar-refractivity contribution in [3.05, 3.63) is 75.0 Å². The summed E-state index contributed by atoms with van der Waals surface area (Å²) in [5.74, 6) is -2.04. The van der Waals surface area contributed by atoms with Crippen molar-refractivity contribution in [2.75, 3.05) is 0 Å². The van der Waals surface area contributed by atoms with Gasteiger partial charge >= 0.3 is 5.97 Å². The van der Waals surface area contributed by atoms with Crippen molar-refractivity contribution in [2.24, 2.45) is 0 Å². The number of aromatic nitrogens is 1. The van der Waals surface area contributed by atoms with Gasteiger partial charge in [-0.3, -0.25) is 9.59 Å². The van der Waals surface area contributed by atoms with Gasteiger partial charge in [0, 0.05) is 30.4 Å². The molecule has 0 atom stereocenters. The predicted molar refractivity (Wildman–Crippen MR) is 90.4 cm³/mol. The van der Waals surface area contributed by atoms with Crippen LogP contribution in [0.15, 0.2) is 41.3 Å². The minimum absolute atomic E-state index is 0.0227. The Balaban J connectivity index is 2.01. The van der Waals surface area contributed by atoms with Crippen LogP contribution >= 0.6 is 0 Å². The monoisotopic (exact) mass is 341 g/mol. The number of nitrogens with zero attached hydrogens (tertiary/aromatic N) is 1. The van der Waals surface area contributed by atoms with Gasteiger partial charge in [-0.2, -0.15) is 0 Å². The first kappa shape index (κ1) is 16.8. The Hall–Kier alpha value is -3.02. The van der Waals surface area contributed by atoms with Crippen molar-refractivity contribution in [2.45, 2.75) is 25.8 Å². The highest BCUT2D eigenvalue weighted by Gasteiger charge is 2.26. The van der Waals surface area contributed by atoms with Gasteiger partial charge in [-0.15, -0.1) is 0 Å². The van der Waals surface area contributed by atoms with E-state index in [0.29, 0.717) is 24.1 Å². The Morgan fingerprint density at radius 2 is 2.00 bits per heavy atom. The van der Waals surface area contributed by atoms with Gasteiger partial charge < -0.3 is 9.67 Å². The van der Waals surface area contributed by atoms with Gasteiger partial charge in [-0.1, -0.05) is 30.4 Å². The van der Waals surface area contributed by atoms with E-state index < -0.39 is 17.0 Å². The molecule has 2 aromatic rings. The zero-order chi connectivity index (χ0) is 18.0. The van der Waals surface area contributed by atoms with Crippen LogP contribution < -0.4 is 5.43 Å². The topological polar surface area (TPSA) is 76.4 Å². The van der Waals surface area contributed by atoms with Crippen molar-refractivity contribution in [1.29, 1.82) is 0 Å². The third kappa shape index (κ3) is 3.28. The van der Waals surface area contributed by atoms with E-state index >= 15 is 0 Å². The van der Waals surface area contributed by atoms with Gasteiger partial charge in [-0.05, 0) is 18.9 Å². The third-order valence-electron chi connectivity index (χ3n) is 4.22. The van der Waals surface area contributed by atoms with E-state index in [1.165, 1.54) is 12.3 Å². The number of ketones is 1. The van der Waals surface area contributed by atoms with Crippen molar-refractivity contribution >= 4 is 17.8 Å². The normalized spacial score (nSPS) is 13.9. The number of halogens is 1. The number of carboxylic acids is 1. The molecule has 0 amide bonds. The first-order chi connectivity index (χ1) is 12.0. The summed E-state index contributed by atoms with van der Waals surface area (Å²) in [6, 6.07) is 6.28. The second-order valence-electron chi connectivity index (χ2n) is 5.85. The molecular weight excluding hydrogens is 325 g/mol. The molecule has 1 aromatic heterocycles. The highest BCUT2D eigenvalue weighted by Crippen LogP contribution is 2.20. The molecule has 5 nitrogen and oxygen atoms in total. The van der Waals surface area contributed by atoms with Crippen LogP contribution in [-0.2, 0) is 13.0 Å². The maximum absolute atomic E-state index is 13.6. The first-order valence-corrected chi connectivity index (χ1v) is 7.93. The molecule has 128 valence electrons. The summed E-state index contributed by atoms with van der Waals surface area (Å²) in [4.78, 5) is 35.7. The lowest BCUT2D eigenvalue weighted by molar-refractivity contribution is 0.0694. The predicted octanol–water partition coefficient (Wildman–Crippen LogP) is 2.92. The molecule has 1 N–H and O–H groups in total. The quantitative estimate of drug-likeness (QED) is 0.928.